The number of rotatable bonds is 10. The van der Waals surface area contributed by atoms with E-state index in [1.807, 2.05) is 26.0 Å². The fraction of sp³-hybridized carbons (Fsp3) is 0.407. The molecule has 0 aliphatic carbocycles. The number of hydrogen-bond donors (Lipinski definition) is 3. The third-order valence-electron chi connectivity index (χ3n) is 6.58. The molecular weight excluding hydrogens is 538 g/mol. The van der Waals surface area contributed by atoms with Crippen molar-refractivity contribution in [2.75, 3.05) is 49.8 Å². The number of sulfonamides is 1. The highest BCUT2D eigenvalue weighted by atomic mass is 35.5. The Bertz CT molecular complexity index is 1390. The molecule has 1 aliphatic rings. The number of ether oxygens (including phenoxy) is 1. The maximum atomic E-state index is 12.5. The van der Waals surface area contributed by atoms with Gasteiger partial charge in [-0.3, -0.25) is 0 Å². The molecule has 2 aromatic carbocycles. The van der Waals surface area contributed by atoms with Crippen LogP contribution < -0.4 is 25.0 Å². The van der Waals surface area contributed by atoms with Crippen molar-refractivity contribution in [3.63, 3.8) is 0 Å². The van der Waals surface area contributed by atoms with Crippen LogP contribution in [0, 0.1) is 0 Å². The van der Waals surface area contributed by atoms with Crippen LogP contribution in [0.4, 0.5) is 28.8 Å². The van der Waals surface area contributed by atoms with Crippen molar-refractivity contribution in [3.05, 3.63) is 53.7 Å². The normalized spacial score (nSPS) is 14.6. The Balaban J connectivity index is 1.58. The number of nitrogens with zero attached hydrogens (tertiary/aromatic N) is 4. The smallest absolute Gasteiger partial charge is 0.242 e. The quantitative estimate of drug-likeness (QED) is 0.313. The molecule has 0 amide bonds. The summed E-state index contributed by atoms with van der Waals surface area (Å²) in [6.07, 6.45) is 3.65. The van der Waals surface area contributed by atoms with Gasteiger partial charge in [0, 0.05) is 30.9 Å². The lowest BCUT2D eigenvalue weighted by Crippen LogP contribution is -2.42. The molecule has 12 heteroatoms. The third kappa shape index (κ3) is 7.10. The van der Waals surface area contributed by atoms with E-state index in [0.29, 0.717) is 23.2 Å². The number of anilines is 5. The second-order valence-electron chi connectivity index (χ2n) is 9.87. The van der Waals surface area contributed by atoms with E-state index in [-0.39, 0.29) is 27.8 Å². The van der Waals surface area contributed by atoms with Crippen LogP contribution in [0.15, 0.2) is 53.6 Å². The molecule has 0 bridgehead atoms. The van der Waals surface area contributed by atoms with Gasteiger partial charge in [-0.05, 0) is 72.1 Å². The number of halogens is 1. The molecule has 3 aromatic rings. The molecule has 39 heavy (non-hydrogen) atoms. The van der Waals surface area contributed by atoms with Crippen LogP contribution in [-0.4, -0.2) is 69.7 Å². The van der Waals surface area contributed by atoms with Gasteiger partial charge in [0.05, 0.1) is 23.7 Å². The minimum absolute atomic E-state index is 0.0331. The molecule has 210 valence electrons. The Kier molecular flexibility index (Phi) is 9.16. The van der Waals surface area contributed by atoms with Crippen molar-refractivity contribution in [1.29, 1.82) is 0 Å². The molecule has 2 heterocycles. The summed E-state index contributed by atoms with van der Waals surface area (Å²) in [6.45, 7) is 5.93. The van der Waals surface area contributed by atoms with Gasteiger partial charge in [-0.25, -0.2) is 18.1 Å². The lowest BCUT2D eigenvalue weighted by molar-refractivity contribution is 0.243. The van der Waals surface area contributed by atoms with E-state index in [4.69, 9.17) is 16.3 Å². The van der Waals surface area contributed by atoms with Crippen molar-refractivity contribution < 1.29 is 13.2 Å². The number of para-hydroxylation sites is 1. The van der Waals surface area contributed by atoms with Crippen LogP contribution in [0.5, 0.6) is 5.75 Å². The topological polar surface area (TPSA) is 112 Å². The summed E-state index contributed by atoms with van der Waals surface area (Å²) in [5, 5.41) is 6.51. The van der Waals surface area contributed by atoms with Crippen molar-refractivity contribution in [2.45, 2.75) is 43.7 Å². The van der Waals surface area contributed by atoms with E-state index in [2.05, 4.69) is 55.3 Å². The van der Waals surface area contributed by atoms with Gasteiger partial charge >= 0.3 is 0 Å². The molecule has 3 N–H and O–H groups in total. The maximum absolute atomic E-state index is 12.5. The SMILES string of the molecule is CNS(=O)(=O)c1ccccc1Nc1nc(Nc2ccc(N3CCC(N(C)C)CC3)cc2OC(C)C)ncc1Cl. The van der Waals surface area contributed by atoms with Crippen molar-refractivity contribution in [3.8, 4) is 5.75 Å². The standard InChI is InChI=1S/C27H36ClN7O3S/c1-18(2)38-24-16-20(35-14-12-19(13-15-35)34(4)5)10-11-22(24)32-27-30-17-21(28)26(33-27)31-23-8-6-7-9-25(23)39(36,37)29-3/h6-11,16-19,29H,12-15H2,1-5H3,(H2,30,31,32,33). The summed E-state index contributed by atoms with van der Waals surface area (Å²) in [4.78, 5) is 13.6. The summed E-state index contributed by atoms with van der Waals surface area (Å²) in [7, 11) is 1.94. The number of benzene rings is 2. The van der Waals surface area contributed by atoms with E-state index in [9.17, 15) is 8.42 Å². The Morgan fingerprint density at radius 3 is 2.46 bits per heavy atom. The highest BCUT2D eigenvalue weighted by Crippen LogP contribution is 2.35. The first-order chi connectivity index (χ1) is 18.6. The summed E-state index contributed by atoms with van der Waals surface area (Å²) in [5.74, 6) is 1.24. The van der Waals surface area contributed by atoms with Crippen LogP contribution >= 0.6 is 11.6 Å². The molecular formula is C27H36ClN7O3S. The summed E-state index contributed by atoms with van der Waals surface area (Å²) < 4.78 is 33.4. The summed E-state index contributed by atoms with van der Waals surface area (Å²) >= 11 is 6.37. The van der Waals surface area contributed by atoms with E-state index >= 15 is 0 Å². The summed E-state index contributed by atoms with van der Waals surface area (Å²) in [6, 6.07) is 13.2. The molecule has 0 radical (unpaired) electrons. The fourth-order valence-electron chi connectivity index (χ4n) is 4.48. The second kappa shape index (κ2) is 12.4. The van der Waals surface area contributed by atoms with Crippen LogP contribution in [0.1, 0.15) is 26.7 Å². The largest absolute Gasteiger partial charge is 0.489 e. The highest BCUT2D eigenvalue weighted by molar-refractivity contribution is 7.89. The van der Waals surface area contributed by atoms with E-state index < -0.39 is 10.0 Å². The average Bonchev–Trinajstić information content (AvgIpc) is 2.91. The van der Waals surface area contributed by atoms with Crippen LogP contribution in [-0.2, 0) is 10.0 Å². The molecule has 10 nitrogen and oxygen atoms in total. The molecule has 1 aliphatic heterocycles. The third-order valence-corrected chi connectivity index (χ3v) is 8.33. The molecule has 0 unspecified atom stereocenters. The molecule has 0 saturated carbocycles. The van der Waals surface area contributed by atoms with Crippen LogP contribution in [0.3, 0.4) is 0 Å². The molecule has 1 fully saturated rings. The van der Waals surface area contributed by atoms with Crippen molar-refractivity contribution in [1.82, 2.24) is 19.6 Å². The molecule has 0 spiro atoms. The lowest BCUT2D eigenvalue weighted by Gasteiger charge is -2.36. The predicted molar refractivity (Wildman–Crippen MR) is 157 cm³/mol. The zero-order valence-corrected chi connectivity index (χ0v) is 24.5. The van der Waals surface area contributed by atoms with Gasteiger partial charge in [-0.2, -0.15) is 4.98 Å². The summed E-state index contributed by atoms with van der Waals surface area (Å²) in [5.41, 5.74) is 2.15. The first kappa shape index (κ1) is 28.9. The van der Waals surface area contributed by atoms with E-state index in [1.54, 1.807) is 18.2 Å². The van der Waals surface area contributed by atoms with Gasteiger partial charge in [0.25, 0.3) is 0 Å². The van der Waals surface area contributed by atoms with Gasteiger partial charge in [-0.15, -0.1) is 0 Å². The van der Waals surface area contributed by atoms with Crippen LogP contribution in [0.2, 0.25) is 5.02 Å². The predicted octanol–water partition coefficient (Wildman–Crippen LogP) is 4.84. The molecule has 1 saturated heterocycles. The zero-order chi connectivity index (χ0) is 28.2. The minimum Gasteiger partial charge on any atom is -0.489 e. The van der Waals surface area contributed by atoms with Gasteiger partial charge in [0.1, 0.15) is 15.7 Å². The Labute approximate surface area is 235 Å². The van der Waals surface area contributed by atoms with E-state index in [0.717, 1.165) is 31.6 Å². The van der Waals surface area contributed by atoms with Gasteiger partial charge in [0.15, 0.2) is 5.82 Å². The van der Waals surface area contributed by atoms with Crippen LogP contribution in [0.25, 0.3) is 0 Å². The first-order valence-corrected chi connectivity index (χ1v) is 14.7. The van der Waals surface area contributed by atoms with Gasteiger partial charge < -0.3 is 25.2 Å². The number of piperidine rings is 1. The Morgan fingerprint density at radius 2 is 1.79 bits per heavy atom. The molecule has 1 aromatic heterocycles. The fourth-order valence-corrected chi connectivity index (χ4v) is 5.50. The first-order valence-electron chi connectivity index (χ1n) is 12.9. The minimum atomic E-state index is -3.70. The Hall–Kier alpha value is -3.12. The average molecular weight is 574 g/mol. The second-order valence-corrected chi connectivity index (χ2v) is 12.1. The molecule has 4 rings (SSSR count). The number of aromatic nitrogens is 2. The van der Waals surface area contributed by atoms with Gasteiger partial charge in [-0.1, -0.05) is 23.7 Å². The monoisotopic (exact) mass is 573 g/mol. The number of hydrogen-bond acceptors (Lipinski definition) is 9. The lowest BCUT2D eigenvalue weighted by atomic mass is 10.0. The highest BCUT2D eigenvalue weighted by Gasteiger charge is 2.22. The Morgan fingerprint density at radius 1 is 1.08 bits per heavy atom. The van der Waals surface area contributed by atoms with Crippen molar-refractivity contribution >= 4 is 50.5 Å². The maximum Gasteiger partial charge on any atom is 0.242 e. The van der Waals surface area contributed by atoms with Gasteiger partial charge in [0.2, 0.25) is 16.0 Å². The van der Waals surface area contributed by atoms with E-state index in [1.165, 1.54) is 19.3 Å². The zero-order valence-electron chi connectivity index (χ0n) is 22.9. The number of nitrogens with one attached hydrogen (secondary N) is 3. The van der Waals surface area contributed by atoms with Crippen molar-refractivity contribution in [2.24, 2.45) is 0 Å². The molecule has 0 atom stereocenters.